The number of carboxylic acid groups (broad SMARTS) is 1. The van der Waals surface area contributed by atoms with Gasteiger partial charge in [0.15, 0.2) is 11.5 Å². The minimum Gasteiger partial charge on any atom is -0.486 e. The fourth-order valence-corrected chi connectivity index (χ4v) is 4.34. The zero-order valence-corrected chi connectivity index (χ0v) is 12.7. The molecule has 0 radical (unpaired) electrons. The first kappa shape index (κ1) is 14.6. The molecule has 1 aromatic rings. The van der Waals surface area contributed by atoms with Gasteiger partial charge in [0.25, 0.3) is 0 Å². The summed E-state index contributed by atoms with van der Waals surface area (Å²) in [6.45, 7) is 1.16. The smallest absolute Gasteiger partial charge is 0.307 e. The summed E-state index contributed by atoms with van der Waals surface area (Å²) in [5.74, 6) is 0.644. The van der Waals surface area contributed by atoms with E-state index in [0.717, 1.165) is 48.5 Å². The Morgan fingerprint density at radius 2 is 1.86 bits per heavy atom. The molecule has 2 unspecified atom stereocenters. The normalized spacial score (nSPS) is 25.1. The third-order valence-electron chi connectivity index (χ3n) is 4.07. The zero-order valence-electron chi connectivity index (χ0n) is 11.9. The Kier molecular flexibility index (Phi) is 4.58. The third-order valence-corrected chi connectivity index (χ3v) is 5.46. The van der Waals surface area contributed by atoms with Gasteiger partial charge in [-0.15, -0.1) is 11.8 Å². The molecule has 2 aliphatic rings. The number of hydrogen-bond acceptors (Lipinski definition) is 4. The number of aliphatic carboxylic acids is 1. The van der Waals surface area contributed by atoms with E-state index < -0.39 is 5.97 Å². The molecule has 3 rings (SSSR count). The number of thioether (sulfide) groups is 1. The lowest BCUT2D eigenvalue weighted by molar-refractivity contribution is -0.141. The van der Waals surface area contributed by atoms with E-state index in [9.17, 15) is 9.90 Å². The Bertz CT molecular complexity index is 517. The van der Waals surface area contributed by atoms with Crippen LogP contribution < -0.4 is 9.47 Å². The third kappa shape index (κ3) is 3.46. The minimum atomic E-state index is -0.660. The first-order valence-electron chi connectivity index (χ1n) is 7.53. The Labute approximate surface area is 128 Å². The van der Waals surface area contributed by atoms with Crippen molar-refractivity contribution in [1.29, 1.82) is 0 Å². The number of hydrogen-bond donors (Lipinski definition) is 1. The molecule has 114 valence electrons. The van der Waals surface area contributed by atoms with Crippen LogP contribution in [0, 0.1) is 5.92 Å². The van der Waals surface area contributed by atoms with E-state index in [0.29, 0.717) is 13.2 Å². The average molecular weight is 308 g/mol. The lowest BCUT2D eigenvalue weighted by Gasteiger charge is -2.23. The van der Waals surface area contributed by atoms with Gasteiger partial charge in [-0.1, -0.05) is 19.3 Å². The molecular weight excluding hydrogens is 288 g/mol. The average Bonchev–Trinajstić information content (AvgIpc) is 2.72. The topological polar surface area (TPSA) is 55.8 Å². The quantitative estimate of drug-likeness (QED) is 0.865. The van der Waals surface area contributed by atoms with Gasteiger partial charge in [0.2, 0.25) is 0 Å². The highest BCUT2D eigenvalue weighted by molar-refractivity contribution is 8.00. The van der Waals surface area contributed by atoms with Crippen molar-refractivity contribution in [2.24, 2.45) is 5.92 Å². The Morgan fingerprint density at radius 1 is 1.10 bits per heavy atom. The molecule has 0 amide bonds. The Hall–Kier alpha value is -1.36. The van der Waals surface area contributed by atoms with Gasteiger partial charge in [-0.3, -0.25) is 4.79 Å². The summed E-state index contributed by atoms with van der Waals surface area (Å²) in [6.07, 6.45) is 5.04. The molecule has 21 heavy (non-hydrogen) atoms. The van der Waals surface area contributed by atoms with Gasteiger partial charge in [0, 0.05) is 10.1 Å². The highest BCUT2D eigenvalue weighted by Gasteiger charge is 2.30. The Balaban J connectivity index is 1.75. The largest absolute Gasteiger partial charge is 0.486 e. The lowest BCUT2D eigenvalue weighted by Crippen LogP contribution is -2.24. The summed E-state index contributed by atoms with van der Waals surface area (Å²) in [6, 6.07) is 5.90. The molecule has 5 heteroatoms. The van der Waals surface area contributed by atoms with E-state index in [2.05, 4.69) is 0 Å². The fourth-order valence-electron chi connectivity index (χ4n) is 2.97. The predicted molar refractivity (Wildman–Crippen MR) is 81.3 cm³/mol. The van der Waals surface area contributed by atoms with Crippen LogP contribution in [0.1, 0.15) is 32.1 Å². The second-order valence-electron chi connectivity index (χ2n) is 5.54. The maximum Gasteiger partial charge on any atom is 0.307 e. The molecule has 0 aromatic heterocycles. The molecule has 1 aromatic carbocycles. The van der Waals surface area contributed by atoms with Crippen LogP contribution in [-0.2, 0) is 4.79 Å². The number of fused-ring (bicyclic) bond motifs is 1. The lowest BCUT2D eigenvalue weighted by atomic mass is 10.0. The molecular formula is C16H20O4S. The standard InChI is InChI=1S/C16H20O4S/c17-16(18)12-4-2-1-3-5-15(12)21-11-6-7-13-14(10-11)20-9-8-19-13/h6-7,10,12,15H,1-5,8-9H2,(H,17,18). The number of carboxylic acids is 1. The maximum atomic E-state index is 11.5. The summed E-state index contributed by atoms with van der Waals surface area (Å²) in [4.78, 5) is 12.5. The molecule has 1 aliphatic heterocycles. The molecule has 2 atom stereocenters. The summed E-state index contributed by atoms with van der Waals surface area (Å²) in [5.41, 5.74) is 0. The summed E-state index contributed by atoms with van der Waals surface area (Å²) < 4.78 is 11.1. The van der Waals surface area contributed by atoms with Gasteiger partial charge in [0.05, 0.1) is 5.92 Å². The van der Waals surface area contributed by atoms with E-state index in [4.69, 9.17) is 9.47 Å². The highest BCUT2D eigenvalue weighted by atomic mass is 32.2. The van der Waals surface area contributed by atoms with Crippen LogP contribution in [0.4, 0.5) is 0 Å². The number of benzene rings is 1. The van der Waals surface area contributed by atoms with Crippen LogP contribution in [0.15, 0.2) is 23.1 Å². The zero-order chi connectivity index (χ0) is 14.7. The SMILES string of the molecule is O=C(O)C1CCCCCC1Sc1ccc2c(c1)OCCO2. The monoisotopic (exact) mass is 308 g/mol. The van der Waals surface area contributed by atoms with Crippen LogP contribution in [0.3, 0.4) is 0 Å². The van der Waals surface area contributed by atoms with Crippen LogP contribution in [0.5, 0.6) is 11.5 Å². The Morgan fingerprint density at radius 3 is 2.67 bits per heavy atom. The second-order valence-corrected chi connectivity index (χ2v) is 6.86. The van der Waals surface area contributed by atoms with Crippen molar-refractivity contribution in [3.63, 3.8) is 0 Å². The minimum absolute atomic E-state index is 0.146. The molecule has 1 N–H and O–H groups in total. The maximum absolute atomic E-state index is 11.5. The molecule has 1 saturated carbocycles. The van der Waals surface area contributed by atoms with Gasteiger partial charge in [-0.25, -0.2) is 0 Å². The van der Waals surface area contributed by atoms with Gasteiger partial charge in [-0.2, -0.15) is 0 Å². The van der Waals surface area contributed by atoms with Crippen molar-refractivity contribution in [2.45, 2.75) is 42.2 Å². The molecule has 1 fully saturated rings. The van der Waals surface area contributed by atoms with E-state index in [1.807, 2.05) is 18.2 Å². The van der Waals surface area contributed by atoms with E-state index in [1.54, 1.807) is 11.8 Å². The molecule has 0 spiro atoms. The van der Waals surface area contributed by atoms with Crippen molar-refractivity contribution in [1.82, 2.24) is 0 Å². The van der Waals surface area contributed by atoms with Crippen LogP contribution in [0.25, 0.3) is 0 Å². The van der Waals surface area contributed by atoms with Crippen molar-refractivity contribution in [3.05, 3.63) is 18.2 Å². The number of rotatable bonds is 3. The van der Waals surface area contributed by atoms with E-state index in [1.165, 1.54) is 0 Å². The van der Waals surface area contributed by atoms with Gasteiger partial charge in [-0.05, 0) is 31.0 Å². The van der Waals surface area contributed by atoms with Crippen LogP contribution in [-0.4, -0.2) is 29.5 Å². The van der Waals surface area contributed by atoms with Crippen LogP contribution >= 0.6 is 11.8 Å². The first-order chi connectivity index (χ1) is 10.2. The predicted octanol–water partition coefficient (Wildman–Crippen LogP) is 3.58. The van der Waals surface area contributed by atoms with Crippen molar-refractivity contribution in [2.75, 3.05) is 13.2 Å². The molecule has 0 saturated heterocycles. The first-order valence-corrected chi connectivity index (χ1v) is 8.41. The van der Waals surface area contributed by atoms with Gasteiger partial charge < -0.3 is 14.6 Å². The fraction of sp³-hybridized carbons (Fsp3) is 0.562. The van der Waals surface area contributed by atoms with E-state index >= 15 is 0 Å². The van der Waals surface area contributed by atoms with Crippen molar-refractivity contribution < 1.29 is 19.4 Å². The van der Waals surface area contributed by atoms with Gasteiger partial charge in [0.1, 0.15) is 13.2 Å². The van der Waals surface area contributed by atoms with Crippen molar-refractivity contribution >= 4 is 17.7 Å². The van der Waals surface area contributed by atoms with E-state index in [-0.39, 0.29) is 11.2 Å². The van der Waals surface area contributed by atoms with Crippen LogP contribution in [0.2, 0.25) is 0 Å². The second kappa shape index (κ2) is 6.60. The van der Waals surface area contributed by atoms with Gasteiger partial charge >= 0.3 is 5.97 Å². The molecule has 1 heterocycles. The summed E-state index contributed by atoms with van der Waals surface area (Å²) in [7, 11) is 0. The molecule has 0 bridgehead atoms. The molecule has 4 nitrogen and oxygen atoms in total. The summed E-state index contributed by atoms with van der Waals surface area (Å²) >= 11 is 1.67. The number of carbonyl (C=O) groups is 1. The molecule has 1 aliphatic carbocycles. The summed E-state index contributed by atoms with van der Waals surface area (Å²) in [5, 5.41) is 9.59. The van der Waals surface area contributed by atoms with Crippen molar-refractivity contribution in [3.8, 4) is 11.5 Å². The highest BCUT2D eigenvalue weighted by Crippen LogP contribution is 2.40. The number of ether oxygens (including phenoxy) is 2.